The smallest absolute Gasteiger partial charge is 0.0920 e. The molecule has 1 aliphatic rings. The Morgan fingerprint density at radius 3 is 3.13 bits per heavy atom. The molecule has 1 aliphatic heterocycles. The molecule has 0 amide bonds. The molecule has 3 heterocycles. The van der Waals surface area contributed by atoms with Crippen LogP contribution in [0.2, 0.25) is 0 Å². The number of rotatable bonds is 1. The monoisotopic (exact) mass is 201 g/mol. The second-order valence-electron chi connectivity index (χ2n) is 3.50. The molecule has 3 rings (SSSR count). The van der Waals surface area contributed by atoms with E-state index in [9.17, 15) is 0 Å². The fraction of sp³-hybridized carbons (Fsp3) is 0.300. The van der Waals surface area contributed by atoms with Gasteiger partial charge in [-0.05, 0) is 0 Å². The summed E-state index contributed by atoms with van der Waals surface area (Å²) >= 11 is 0. The maximum atomic E-state index is 4.34. The molecule has 0 aromatic carbocycles. The van der Waals surface area contributed by atoms with Crippen molar-refractivity contribution >= 4 is 0 Å². The molecule has 2 aromatic heterocycles. The van der Waals surface area contributed by atoms with E-state index in [1.54, 1.807) is 18.6 Å². The molecule has 0 atom stereocenters. The van der Waals surface area contributed by atoms with Gasteiger partial charge in [0.1, 0.15) is 0 Å². The van der Waals surface area contributed by atoms with Crippen LogP contribution >= 0.6 is 0 Å². The Bertz CT molecular complexity index is 462. The minimum atomic E-state index is 0.853. The molecule has 0 aliphatic carbocycles. The molecule has 0 fully saturated rings. The van der Waals surface area contributed by atoms with Gasteiger partial charge in [0.25, 0.3) is 0 Å². The van der Waals surface area contributed by atoms with Gasteiger partial charge in [-0.2, -0.15) is 5.10 Å². The van der Waals surface area contributed by atoms with Gasteiger partial charge in [-0.1, -0.05) is 0 Å². The summed E-state index contributed by atoms with van der Waals surface area (Å²) in [7, 11) is 0. The van der Waals surface area contributed by atoms with Crippen LogP contribution < -0.4 is 5.32 Å². The van der Waals surface area contributed by atoms with Crippen molar-refractivity contribution in [1.29, 1.82) is 0 Å². The van der Waals surface area contributed by atoms with E-state index >= 15 is 0 Å². The topological polar surface area (TPSA) is 55.6 Å². The Balaban J connectivity index is 2.09. The Morgan fingerprint density at radius 1 is 1.27 bits per heavy atom. The number of nitrogens with one attached hydrogen (secondary N) is 1. The van der Waals surface area contributed by atoms with E-state index < -0.39 is 0 Å². The molecule has 0 saturated carbocycles. The van der Waals surface area contributed by atoms with Crippen LogP contribution in [0.3, 0.4) is 0 Å². The standard InChI is InChI=1S/C10H11N5/c1-2-13-9(6-11-1)8-5-14-15-4-3-12-7-10(8)15/h1-2,5-6,12H,3-4,7H2. The van der Waals surface area contributed by atoms with E-state index in [4.69, 9.17) is 0 Å². The first-order valence-electron chi connectivity index (χ1n) is 4.97. The molecule has 2 aromatic rings. The van der Waals surface area contributed by atoms with Gasteiger partial charge >= 0.3 is 0 Å². The lowest BCUT2D eigenvalue weighted by Gasteiger charge is -2.15. The van der Waals surface area contributed by atoms with Gasteiger partial charge in [0, 0.05) is 31.0 Å². The molecule has 0 unspecified atom stereocenters. The molecule has 0 saturated heterocycles. The van der Waals surface area contributed by atoms with Crippen LogP contribution in [-0.2, 0) is 13.1 Å². The first-order chi connectivity index (χ1) is 7.45. The predicted molar refractivity (Wildman–Crippen MR) is 55.0 cm³/mol. The van der Waals surface area contributed by atoms with Gasteiger partial charge in [-0.15, -0.1) is 0 Å². The number of fused-ring (bicyclic) bond motifs is 1. The normalized spacial score (nSPS) is 14.9. The summed E-state index contributed by atoms with van der Waals surface area (Å²) in [6.07, 6.45) is 7.02. The van der Waals surface area contributed by atoms with Crippen molar-refractivity contribution in [2.24, 2.45) is 0 Å². The zero-order valence-electron chi connectivity index (χ0n) is 8.22. The highest BCUT2D eigenvalue weighted by atomic mass is 15.3. The van der Waals surface area contributed by atoms with E-state index in [1.807, 2.05) is 10.9 Å². The van der Waals surface area contributed by atoms with Gasteiger partial charge in [0.2, 0.25) is 0 Å². The summed E-state index contributed by atoms with van der Waals surface area (Å²) in [5, 5.41) is 7.67. The van der Waals surface area contributed by atoms with E-state index in [0.29, 0.717) is 0 Å². The Morgan fingerprint density at radius 2 is 2.27 bits per heavy atom. The average Bonchev–Trinajstić information content (AvgIpc) is 2.74. The highest BCUT2D eigenvalue weighted by Gasteiger charge is 2.15. The Kier molecular flexibility index (Phi) is 1.96. The lowest BCUT2D eigenvalue weighted by atomic mass is 10.1. The number of nitrogens with zero attached hydrogens (tertiary/aromatic N) is 4. The fourth-order valence-electron chi connectivity index (χ4n) is 1.83. The predicted octanol–water partition coefficient (Wildman–Crippen LogP) is 0.443. The van der Waals surface area contributed by atoms with Crippen molar-refractivity contribution in [3.05, 3.63) is 30.5 Å². The zero-order valence-corrected chi connectivity index (χ0v) is 8.22. The maximum absolute atomic E-state index is 4.34. The minimum Gasteiger partial charge on any atom is -0.309 e. The van der Waals surface area contributed by atoms with Crippen molar-refractivity contribution in [2.75, 3.05) is 6.54 Å². The molecule has 0 spiro atoms. The van der Waals surface area contributed by atoms with Gasteiger partial charge in [-0.3, -0.25) is 14.6 Å². The summed E-state index contributed by atoms with van der Waals surface area (Å²) in [5.41, 5.74) is 3.17. The number of aromatic nitrogens is 4. The van der Waals surface area contributed by atoms with Crippen LogP contribution in [0.5, 0.6) is 0 Å². The molecular formula is C10H11N5. The number of hydrogen-bond donors (Lipinski definition) is 1. The molecule has 0 bridgehead atoms. The highest BCUT2D eigenvalue weighted by Crippen LogP contribution is 2.21. The van der Waals surface area contributed by atoms with E-state index in [1.165, 1.54) is 5.69 Å². The maximum Gasteiger partial charge on any atom is 0.0920 e. The van der Waals surface area contributed by atoms with Crippen LogP contribution in [0.15, 0.2) is 24.8 Å². The summed E-state index contributed by atoms with van der Waals surface area (Å²) in [4.78, 5) is 8.36. The molecule has 1 N–H and O–H groups in total. The lowest BCUT2D eigenvalue weighted by Crippen LogP contribution is -2.28. The van der Waals surface area contributed by atoms with Crippen molar-refractivity contribution < 1.29 is 0 Å². The quantitative estimate of drug-likeness (QED) is 0.727. The first-order valence-corrected chi connectivity index (χ1v) is 4.97. The van der Waals surface area contributed by atoms with Crippen LogP contribution in [0.1, 0.15) is 5.69 Å². The lowest BCUT2D eigenvalue weighted by molar-refractivity contribution is 0.476. The Labute approximate surface area is 87.2 Å². The van der Waals surface area contributed by atoms with E-state index in [-0.39, 0.29) is 0 Å². The van der Waals surface area contributed by atoms with Gasteiger partial charge in [0.15, 0.2) is 0 Å². The Hall–Kier alpha value is -1.75. The van der Waals surface area contributed by atoms with Crippen LogP contribution in [-0.4, -0.2) is 26.3 Å². The third-order valence-corrected chi connectivity index (χ3v) is 2.58. The first kappa shape index (κ1) is 8.55. The van der Waals surface area contributed by atoms with Crippen molar-refractivity contribution in [2.45, 2.75) is 13.1 Å². The van der Waals surface area contributed by atoms with Gasteiger partial charge in [0.05, 0.1) is 30.3 Å². The number of hydrogen-bond acceptors (Lipinski definition) is 4. The fourth-order valence-corrected chi connectivity index (χ4v) is 1.83. The molecular weight excluding hydrogens is 190 g/mol. The summed E-state index contributed by atoms with van der Waals surface area (Å²) in [6, 6.07) is 0. The molecule has 5 nitrogen and oxygen atoms in total. The molecule has 5 heteroatoms. The van der Waals surface area contributed by atoms with Crippen molar-refractivity contribution in [3.8, 4) is 11.3 Å². The van der Waals surface area contributed by atoms with E-state index in [2.05, 4.69) is 20.4 Å². The summed E-state index contributed by atoms with van der Waals surface area (Å²) in [6.45, 7) is 2.76. The molecule has 76 valence electrons. The van der Waals surface area contributed by atoms with Crippen LogP contribution in [0.25, 0.3) is 11.3 Å². The molecule has 15 heavy (non-hydrogen) atoms. The largest absolute Gasteiger partial charge is 0.309 e. The van der Waals surface area contributed by atoms with Crippen molar-refractivity contribution in [3.63, 3.8) is 0 Å². The third kappa shape index (κ3) is 1.41. The van der Waals surface area contributed by atoms with Gasteiger partial charge in [-0.25, -0.2) is 0 Å². The van der Waals surface area contributed by atoms with Crippen molar-refractivity contribution in [1.82, 2.24) is 25.1 Å². The second kappa shape index (κ2) is 3.43. The highest BCUT2D eigenvalue weighted by molar-refractivity contribution is 5.60. The third-order valence-electron chi connectivity index (χ3n) is 2.58. The average molecular weight is 201 g/mol. The zero-order chi connectivity index (χ0) is 10.1. The second-order valence-corrected chi connectivity index (χ2v) is 3.50. The molecule has 0 radical (unpaired) electrons. The van der Waals surface area contributed by atoms with Crippen LogP contribution in [0.4, 0.5) is 0 Å². The summed E-state index contributed by atoms with van der Waals surface area (Å²) in [5.74, 6) is 0. The van der Waals surface area contributed by atoms with Gasteiger partial charge < -0.3 is 5.32 Å². The minimum absolute atomic E-state index is 0.853. The van der Waals surface area contributed by atoms with E-state index in [0.717, 1.165) is 30.9 Å². The van der Waals surface area contributed by atoms with Crippen LogP contribution in [0, 0.1) is 0 Å². The summed E-state index contributed by atoms with van der Waals surface area (Å²) < 4.78 is 2.03. The SMILES string of the molecule is c1cnc(-c2cnn3c2CNCC3)cn1.